The van der Waals surface area contributed by atoms with Gasteiger partial charge in [-0.2, -0.15) is 0 Å². The Morgan fingerprint density at radius 2 is 1.79 bits per heavy atom. The molecule has 0 radical (unpaired) electrons. The predicted molar refractivity (Wildman–Crippen MR) is 118 cm³/mol. The summed E-state index contributed by atoms with van der Waals surface area (Å²) < 4.78 is 0. The van der Waals surface area contributed by atoms with Crippen LogP contribution in [0.5, 0.6) is 0 Å². The number of thiophene rings is 1. The molecule has 1 aromatic heterocycles. The minimum atomic E-state index is 0.0128. The molecule has 29 heavy (non-hydrogen) atoms. The van der Waals surface area contributed by atoms with Crippen molar-refractivity contribution >= 4 is 28.8 Å². The molecule has 0 saturated carbocycles. The van der Waals surface area contributed by atoms with E-state index >= 15 is 0 Å². The highest BCUT2D eigenvalue weighted by Crippen LogP contribution is 2.29. The molecule has 2 aromatic rings. The average Bonchev–Trinajstić information content (AvgIpc) is 3.01. The maximum absolute atomic E-state index is 12.7. The van der Waals surface area contributed by atoms with Crippen molar-refractivity contribution in [2.75, 3.05) is 25.0 Å². The highest BCUT2D eigenvalue weighted by Gasteiger charge is 2.24. The van der Waals surface area contributed by atoms with E-state index in [4.69, 9.17) is 0 Å². The number of piperidine rings is 1. The molecule has 2 amide bonds. The molecule has 1 aliphatic heterocycles. The summed E-state index contributed by atoms with van der Waals surface area (Å²) in [5, 5.41) is 6.15. The van der Waals surface area contributed by atoms with Crippen LogP contribution in [0.3, 0.4) is 0 Å². The van der Waals surface area contributed by atoms with E-state index in [0.717, 1.165) is 49.3 Å². The third kappa shape index (κ3) is 5.46. The second-order valence-corrected chi connectivity index (χ2v) is 9.19. The van der Waals surface area contributed by atoms with Crippen molar-refractivity contribution in [1.29, 1.82) is 0 Å². The summed E-state index contributed by atoms with van der Waals surface area (Å²) in [5.41, 5.74) is 2.21. The molecule has 2 N–H and O–H groups in total. The Morgan fingerprint density at radius 1 is 1.03 bits per heavy atom. The summed E-state index contributed by atoms with van der Waals surface area (Å²) in [6.45, 7) is 2.05. The van der Waals surface area contributed by atoms with Gasteiger partial charge in [-0.1, -0.05) is 24.6 Å². The Bertz CT molecular complexity index is 818. The van der Waals surface area contributed by atoms with E-state index < -0.39 is 0 Å². The van der Waals surface area contributed by atoms with E-state index in [-0.39, 0.29) is 17.9 Å². The number of benzene rings is 1. The fraction of sp³-hybridized carbons (Fsp3) is 0.478. The first kappa shape index (κ1) is 20.1. The largest absolute Gasteiger partial charge is 0.349 e. The van der Waals surface area contributed by atoms with Crippen LogP contribution in [-0.4, -0.2) is 42.4 Å². The number of likely N-dealkylation sites (tertiary alicyclic amines) is 1. The van der Waals surface area contributed by atoms with Crippen molar-refractivity contribution in [3.8, 4) is 0 Å². The van der Waals surface area contributed by atoms with E-state index in [0.29, 0.717) is 6.54 Å². The molecular formula is C23H29N3O2S. The third-order valence-corrected chi connectivity index (χ3v) is 7.05. The van der Waals surface area contributed by atoms with Gasteiger partial charge >= 0.3 is 0 Å². The molecule has 154 valence electrons. The number of nitrogens with one attached hydrogen (secondary N) is 2. The van der Waals surface area contributed by atoms with Crippen LogP contribution in [0, 0.1) is 0 Å². The first-order valence-corrected chi connectivity index (χ1v) is 11.5. The number of hydrogen-bond donors (Lipinski definition) is 2. The van der Waals surface area contributed by atoms with Crippen LogP contribution in [-0.2, 0) is 17.6 Å². The molecule has 6 heteroatoms. The average molecular weight is 412 g/mol. The first-order valence-electron chi connectivity index (χ1n) is 10.7. The number of hydrogen-bond acceptors (Lipinski definition) is 4. The van der Waals surface area contributed by atoms with Gasteiger partial charge in [-0.3, -0.25) is 14.5 Å². The van der Waals surface area contributed by atoms with Gasteiger partial charge in [0, 0.05) is 29.7 Å². The van der Waals surface area contributed by atoms with Crippen molar-refractivity contribution in [1.82, 2.24) is 10.2 Å². The molecule has 0 unspecified atom stereocenters. The lowest BCUT2D eigenvalue weighted by Gasteiger charge is -2.31. The van der Waals surface area contributed by atoms with Crippen molar-refractivity contribution in [2.45, 2.75) is 51.0 Å². The van der Waals surface area contributed by atoms with Gasteiger partial charge in [0.25, 0.3) is 5.91 Å². The number of anilines is 1. The van der Waals surface area contributed by atoms with Gasteiger partial charge in [-0.05, 0) is 62.3 Å². The first-order chi connectivity index (χ1) is 14.2. The molecule has 2 aliphatic rings. The van der Waals surface area contributed by atoms with E-state index in [1.54, 1.807) is 11.3 Å². The Morgan fingerprint density at radius 3 is 2.59 bits per heavy atom. The molecule has 5 nitrogen and oxygen atoms in total. The van der Waals surface area contributed by atoms with Crippen molar-refractivity contribution in [3.63, 3.8) is 0 Å². The fourth-order valence-corrected chi connectivity index (χ4v) is 5.35. The number of aryl methyl sites for hydroxylation is 2. The number of carbonyl (C=O) groups excluding carboxylic acids is 2. The summed E-state index contributed by atoms with van der Waals surface area (Å²) in [5.74, 6) is 0.0853. The smallest absolute Gasteiger partial charge is 0.261 e. The number of carbonyl (C=O) groups is 2. The van der Waals surface area contributed by atoms with E-state index in [1.165, 1.54) is 29.7 Å². The van der Waals surface area contributed by atoms with E-state index in [9.17, 15) is 9.59 Å². The second kappa shape index (κ2) is 9.55. The molecule has 0 bridgehead atoms. The summed E-state index contributed by atoms with van der Waals surface area (Å²) >= 11 is 1.68. The maximum atomic E-state index is 12.7. The normalized spacial score (nSPS) is 17.9. The lowest BCUT2D eigenvalue weighted by Crippen LogP contribution is -2.46. The summed E-state index contributed by atoms with van der Waals surface area (Å²) in [6.07, 6.45) is 7.78. The molecule has 1 fully saturated rings. The standard InChI is InChI=1S/C23H29N3O2S/c27-22(24-18-8-4-2-5-9-18)16-26-13-11-19(12-14-26)25-23(28)21-15-17-7-3-1-6-10-20(17)29-21/h2,4-5,8-9,15,19H,1,3,6-7,10-14,16H2,(H,24,27)(H,25,28). The predicted octanol–water partition coefficient (Wildman–Crippen LogP) is 3.85. The van der Waals surface area contributed by atoms with Gasteiger partial charge in [-0.25, -0.2) is 0 Å². The Hall–Kier alpha value is -2.18. The quantitative estimate of drug-likeness (QED) is 0.735. The minimum absolute atomic E-state index is 0.0128. The lowest BCUT2D eigenvalue weighted by atomic mass is 10.0. The molecular weight excluding hydrogens is 382 g/mol. The molecule has 0 atom stereocenters. The molecule has 1 aliphatic carbocycles. The molecule has 4 rings (SSSR count). The highest BCUT2D eigenvalue weighted by atomic mass is 32.1. The Labute approximate surface area is 176 Å². The van der Waals surface area contributed by atoms with E-state index in [2.05, 4.69) is 21.6 Å². The Kier molecular flexibility index (Phi) is 6.62. The second-order valence-electron chi connectivity index (χ2n) is 8.06. The lowest BCUT2D eigenvalue weighted by molar-refractivity contribution is -0.117. The molecule has 2 heterocycles. The van der Waals surface area contributed by atoms with Gasteiger partial charge in [0.15, 0.2) is 0 Å². The molecule has 1 aromatic carbocycles. The van der Waals surface area contributed by atoms with Crippen LogP contribution < -0.4 is 10.6 Å². The van der Waals surface area contributed by atoms with Crippen LogP contribution >= 0.6 is 11.3 Å². The zero-order chi connectivity index (χ0) is 20.1. The number of fused-ring (bicyclic) bond motifs is 1. The minimum Gasteiger partial charge on any atom is -0.349 e. The van der Waals surface area contributed by atoms with Gasteiger partial charge < -0.3 is 10.6 Å². The van der Waals surface area contributed by atoms with Crippen molar-refractivity contribution in [2.24, 2.45) is 0 Å². The zero-order valence-corrected chi connectivity index (χ0v) is 17.6. The monoisotopic (exact) mass is 411 g/mol. The van der Waals surface area contributed by atoms with Crippen molar-refractivity contribution in [3.05, 3.63) is 51.7 Å². The van der Waals surface area contributed by atoms with Gasteiger partial charge in [-0.15, -0.1) is 11.3 Å². The number of rotatable bonds is 5. The SMILES string of the molecule is O=C(CN1CCC(NC(=O)c2cc3c(s2)CCCCC3)CC1)Nc1ccccc1. The third-order valence-electron chi connectivity index (χ3n) is 5.82. The highest BCUT2D eigenvalue weighted by molar-refractivity contribution is 7.14. The molecule has 1 saturated heterocycles. The van der Waals surface area contributed by atoms with Crippen LogP contribution in [0.2, 0.25) is 0 Å². The maximum Gasteiger partial charge on any atom is 0.261 e. The van der Waals surface area contributed by atoms with Crippen molar-refractivity contribution < 1.29 is 9.59 Å². The van der Waals surface area contributed by atoms with Gasteiger partial charge in [0.2, 0.25) is 5.91 Å². The van der Waals surface area contributed by atoms with Gasteiger partial charge in [0.1, 0.15) is 0 Å². The van der Waals surface area contributed by atoms with Crippen LogP contribution in [0.15, 0.2) is 36.4 Å². The van der Waals surface area contributed by atoms with Gasteiger partial charge in [0.05, 0.1) is 11.4 Å². The molecule has 0 spiro atoms. The van der Waals surface area contributed by atoms with Crippen LogP contribution in [0.25, 0.3) is 0 Å². The zero-order valence-electron chi connectivity index (χ0n) is 16.8. The summed E-state index contributed by atoms with van der Waals surface area (Å²) in [4.78, 5) is 29.4. The number of amides is 2. The topological polar surface area (TPSA) is 61.4 Å². The van der Waals surface area contributed by atoms with E-state index in [1.807, 2.05) is 30.3 Å². The number of nitrogens with zero attached hydrogens (tertiary/aromatic N) is 1. The van der Waals surface area contributed by atoms with Crippen LogP contribution in [0.1, 0.15) is 52.2 Å². The Balaban J connectivity index is 1.22. The fourth-order valence-electron chi connectivity index (χ4n) is 4.20. The summed E-state index contributed by atoms with van der Waals surface area (Å²) in [6, 6.07) is 11.8. The van der Waals surface area contributed by atoms with Crippen LogP contribution in [0.4, 0.5) is 5.69 Å². The number of para-hydroxylation sites is 1. The summed E-state index contributed by atoms with van der Waals surface area (Å²) in [7, 11) is 0.